The molecule has 0 unspecified atom stereocenters. The van der Waals surface area contributed by atoms with Crippen LogP contribution in [0.4, 0.5) is 16.2 Å². The van der Waals surface area contributed by atoms with Crippen LogP contribution in [0.15, 0.2) is 30.6 Å². The van der Waals surface area contributed by atoms with Gasteiger partial charge in [-0.15, -0.1) is 0 Å². The van der Waals surface area contributed by atoms with Gasteiger partial charge >= 0.3 is 0 Å². The molecule has 132 valence electrons. The van der Waals surface area contributed by atoms with Crippen molar-refractivity contribution in [2.24, 2.45) is 0 Å². The van der Waals surface area contributed by atoms with Gasteiger partial charge < -0.3 is 9.80 Å². The van der Waals surface area contributed by atoms with E-state index in [0.29, 0.717) is 11.8 Å². The van der Waals surface area contributed by atoms with Crippen molar-refractivity contribution in [3.05, 3.63) is 42.1 Å². The van der Waals surface area contributed by atoms with Crippen LogP contribution >= 0.6 is 0 Å². The third kappa shape index (κ3) is 3.71. The molecule has 0 aliphatic carbocycles. The quantitative estimate of drug-likeness (QED) is 0.846. The Morgan fingerprint density at radius 3 is 2.44 bits per heavy atom. The van der Waals surface area contributed by atoms with Crippen LogP contribution < -0.4 is 9.80 Å². The second-order valence-electron chi connectivity index (χ2n) is 6.62. The first-order valence-corrected chi connectivity index (χ1v) is 8.94. The monoisotopic (exact) mass is 342 g/mol. The lowest BCUT2D eigenvalue weighted by Gasteiger charge is -2.34. The van der Waals surface area contributed by atoms with E-state index in [-0.39, 0.29) is 5.82 Å². The van der Waals surface area contributed by atoms with Crippen molar-refractivity contribution in [3.8, 4) is 0 Å². The van der Waals surface area contributed by atoms with Crippen molar-refractivity contribution in [1.82, 2.24) is 19.9 Å². The van der Waals surface area contributed by atoms with Gasteiger partial charge in [0.2, 0.25) is 5.95 Å². The van der Waals surface area contributed by atoms with Gasteiger partial charge in [-0.25, -0.2) is 9.37 Å². The summed E-state index contributed by atoms with van der Waals surface area (Å²) in [5.74, 6) is 0.777. The Morgan fingerprint density at radius 1 is 0.920 bits per heavy atom. The Labute approximate surface area is 147 Å². The molecule has 0 N–H and O–H groups in total. The summed E-state index contributed by atoms with van der Waals surface area (Å²) in [6.07, 6.45) is 5.35. The first kappa shape index (κ1) is 16.2. The Kier molecular flexibility index (Phi) is 4.74. The van der Waals surface area contributed by atoms with Gasteiger partial charge in [0.05, 0.1) is 11.9 Å². The molecule has 2 aromatic rings. The van der Waals surface area contributed by atoms with Gasteiger partial charge in [-0.2, -0.15) is 4.98 Å². The van der Waals surface area contributed by atoms with Crippen LogP contribution in [0.2, 0.25) is 0 Å². The summed E-state index contributed by atoms with van der Waals surface area (Å²) in [6, 6.07) is 6.01. The zero-order chi connectivity index (χ0) is 17.1. The zero-order valence-electron chi connectivity index (χ0n) is 14.3. The summed E-state index contributed by atoms with van der Waals surface area (Å²) < 4.78 is 14.1. The van der Waals surface area contributed by atoms with Crippen molar-refractivity contribution in [2.75, 3.05) is 49.1 Å². The lowest BCUT2D eigenvalue weighted by molar-refractivity contribution is 0.246. The van der Waals surface area contributed by atoms with E-state index in [1.807, 2.05) is 23.2 Å². The van der Waals surface area contributed by atoms with Crippen LogP contribution in [0.25, 0.3) is 0 Å². The third-order valence-corrected chi connectivity index (χ3v) is 4.89. The summed E-state index contributed by atoms with van der Waals surface area (Å²) >= 11 is 0. The first-order chi connectivity index (χ1) is 12.3. The summed E-state index contributed by atoms with van der Waals surface area (Å²) in [7, 11) is 0. The van der Waals surface area contributed by atoms with E-state index in [4.69, 9.17) is 0 Å². The molecule has 2 saturated heterocycles. The maximum Gasteiger partial charge on any atom is 0.227 e. The molecule has 2 aromatic heterocycles. The predicted molar refractivity (Wildman–Crippen MR) is 95.2 cm³/mol. The van der Waals surface area contributed by atoms with Gasteiger partial charge in [-0.1, -0.05) is 6.07 Å². The number of piperazine rings is 1. The van der Waals surface area contributed by atoms with Crippen molar-refractivity contribution in [1.29, 1.82) is 0 Å². The highest BCUT2D eigenvalue weighted by Crippen LogP contribution is 2.23. The van der Waals surface area contributed by atoms with Crippen molar-refractivity contribution < 1.29 is 4.39 Å². The molecule has 2 fully saturated rings. The van der Waals surface area contributed by atoms with Crippen LogP contribution in [0, 0.1) is 5.82 Å². The minimum atomic E-state index is -0.320. The molecule has 0 atom stereocenters. The van der Waals surface area contributed by atoms with E-state index in [9.17, 15) is 4.39 Å². The predicted octanol–water partition coefficient (Wildman–Crippen LogP) is 1.93. The molecule has 0 spiro atoms. The summed E-state index contributed by atoms with van der Waals surface area (Å²) in [6.45, 7) is 6.16. The Bertz CT molecular complexity index is 696. The average molecular weight is 342 g/mol. The minimum Gasteiger partial charge on any atom is -0.354 e. The molecule has 2 aliphatic rings. The second-order valence-corrected chi connectivity index (χ2v) is 6.62. The van der Waals surface area contributed by atoms with Crippen LogP contribution in [0.3, 0.4) is 0 Å². The molecule has 4 heterocycles. The SMILES string of the molecule is Fc1cnc(N2CCN(Cc3ccccn3)CC2)nc1N1CCCC1. The van der Waals surface area contributed by atoms with Crippen LogP contribution in [0.1, 0.15) is 18.5 Å². The topological polar surface area (TPSA) is 48.4 Å². The average Bonchev–Trinajstić information content (AvgIpc) is 3.18. The van der Waals surface area contributed by atoms with Crippen LogP contribution in [-0.2, 0) is 6.54 Å². The van der Waals surface area contributed by atoms with E-state index in [1.54, 1.807) is 0 Å². The molecule has 0 bridgehead atoms. The number of hydrogen-bond acceptors (Lipinski definition) is 6. The molecule has 2 aliphatic heterocycles. The standard InChI is InChI=1S/C18H23FN6/c19-16-13-21-18(22-17(16)24-7-3-4-8-24)25-11-9-23(10-12-25)14-15-5-1-2-6-20-15/h1-2,5-6,13H,3-4,7-12,14H2. The number of anilines is 2. The highest BCUT2D eigenvalue weighted by atomic mass is 19.1. The number of aromatic nitrogens is 3. The van der Waals surface area contributed by atoms with Crippen molar-refractivity contribution in [3.63, 3.8) is 0 Å². The van der Waals surface area contributed by atoms with Gasteiger partial charge in [0.1, 0.15) is 0 Å². The summed E-state index contributed by atoms with van der Waals surface area (Å²) in [5, 5.41) is 0. The molecule has 0 aromatic carbocycles. The number of rotatable bonds is 4. The fraction of sp³-hybridized carbons (Fsp3) is 0.500. The van der Waals surface area contributed by atoms with Gasteiger partial charge in [0.25, 0.3) is 0 Å². The number of pyridine rings is 1. The molecule has 0 radical (unpaired) electrons. The lowest BCUT2D eigenvalue weighted by Crippen LogP contribution is -2.46. The van der Waals surface area contributed by atoms with E-state index < -0.39 is 0 Å². The Morgan fingerprint density at radius 2 is 1.72 bits per heavy atom. The van der Waals surface area contributed by atoms with Gasteiger partial charge in [0.15, 0.2) is 11.6 Å². The maximum absolute atomic E-state index is 14.1. The van der Waals surface area contributed by atoms with Gasteiger partial charge in [-0.3, -0.25) is 9.88 Å². The fourth-order valence-corrected chi connectivity index (χ4v) is 3.48. The summed E-state index contributed by atoms with van der Waals surface area (Å²) in [5.41, 5.74) is 1.09. The van der Waals surface area contributed by atoms with Crippen molar-refractivity contribution >= 4 is 11.8 Å². The third-order valence-electron chi connectivity index (χ3n) is 4.89. The molecule has 25 heavy (non-hydrogen) atoms. The molecule has 0 saturated carbocycles. The highest BCUT2D eigenvalue weighted by molar-refractivity contribution is 5.46. The summed E-state index contributed by atoms with van der Waals surface area (Å²) in [4.78, 5) is 19.7. The molecular formula is C18H23FN6. The Hall–Kier alpha value is -2.28. The fourth-order valence-electron chi connectivity index (χ4n) is 3.48. The zero-order valence-corrected chi connectivity index (χ0v) is 14.3. The minimum absolute atomic E-state index is 0.320. The smallest absolute Gasteiger partial charge is 0.227 e. The normalized spacial score (nSPS) is 18.8. The van der Waals surface area contributed by atoms with Gasteiger partial charge in [-0.05, 0) is 25.0 Å². The number of nitrogens with zero attached hydrogens (tertiary/aromatic N) is 6. The van der Waals surface area contributed by atoms with Crippen LogP contribution in [-0.4, -0.2) is 59.1 Å². The van der Waals surface area contributed by atoms with E-state index in [1.165, 1.54) is 6.20 Å². The van der Waals surface area contributed by atoms with Gasteiger partial charge in [0, 0.05) is 52.0 Å². The first-order valence-electron chi connectivity index (χ1n) is 8.94. The largest absolute Gasteiger partial charge is 0.354 e. The van der Waals surface area contributed by atoms with Crippen molar-refractivity contribution in [2.45, 2.75) is 19.4 Å². The lowest BCUT2D eigenvalue weighted by atomic mass is 10.3. The number of hydrogen-bond donors (Lipinski definition) is 0. The molecule has 6 nitrogen and oxygen atoms in total. The molecular weight excluding hydrogens is 319 g/mol. The molecule has 0 amide bonds. The van der Waals surface area contributed by atoms with E-state index in [0.717, 1.165) is 64.3 Å². The van der Waals surface area contributed by atoms with Crippen LogP contribution in [0.5, 0.6) is 0 Å². The maximum atomic E-state index is 14.1. The number of halogens is 1. The Balaban J connectivity index is 1.39. The second kappa shape index (κ2) is 7.31. The van der Waals surface area contributed by atoms with E-state index >= 15 is 0 Å². The molecule has 4 rings (SSSR count). The van der Waals surface area contributed by atoms with E-state index in [2.05, 4.69) is 30.8 Å². The molecule has 7 heteroatoms. The highest BCUT2D eigenvalue weighted by Gasteiger charge is 2.23.